The van der Waals surface area contributed by atoms with E-state index in [4.69, 9.17) is 9.72 Å². The third-order valence-electron chi connectivity index (χ3n) is 6.17. The molecule has 9 heteroatoms. The Labute approximate surface area is 228 Å². The molecule has 3 aromatic carbocycles. The van der Waals surface area contributed by atoms with Gasteiger partial charge in [0.25, 0.3) is 5.91 Å². The second-order valence-electron chi connectivity index (χ2n) is 8.81. The highest BCUT2D eigenvalue weighted by Gasteiger charge is 2.25. The number of nitrogens with zero attached hydrogens (tertiary/aromatic N) is 3. The number of amides is 1. The maximum Gasteiger partial charge on any atom is 0.260 e. The molecule has 0 saturated carbocycles. The van der Waals surface area contributed by atoms with Crippen LogP contribution in [0.3, 0.4) is 0 Å². The summed E-state index contributed by atoms with van der Waals surface area (Å²) in [5, 5.41) is 0.566. The van der Waals surface area contributed by atoms with Crippen LogP contribution in [0.1, 0.15) is 49.5 Å². The van der Waals surface area contributed by atoms with Crippen molar-refractivity contribution in [1.82, 2.24) is 9.29 Å². The van der Waals surface area contributed by atoms with Gasteiger partial charge in [-0.05, 0) is 61.4 Å². The van der Waals surface area contributed by atoms with Gasteiger partial charge >= 0.3 is 0 Å². The van der Waals surface area contributed by atoms with E-state index in [0.29, 0.717) is 36.9 Å². The fourth-order valence-electron chi connectivity index (χ4n) is 4.11. The lowest BCUT2D eigenvalue weighted by atomic mass is 10.1. The third-order valence-corrected chi connectivity index (χ3v) is 9.20. The van der Waals surface area contributed by atoms with E-state index in [0.717, 1.165) is 34.4 Å². The number of carbonyl (C=O) groups excluding carboxylic acids is 1. The summed E-state index contributed by atoms with van der Waals surface area (Å²) in [6.07, 6.45) is 1.71. The SMILES string of the molecule is CCCCN(CC)S(=O)(=O)c1ccc(C(=O)N(Cc2ccccc2)c2nc3ccc(OCC)cc3s2)cc1. The third kappa shape index (κ3) is 6.23. The molecule has 1 aromatic heterocycles. The molecule has 0 aliphatic rings. The average molecular weight is 552 g/mol. The first-order valence-corrected chi connectivity index (χ1v) is 15.1. The van der Waals surface area contributed by atoms with Gasteiger partial charge in [0.05, 0.1) is 28.3 Å². The van der Waals surface area contributed by atoms with Crippen LogP contribution in [0.15, 0.2) is 77.7 Å². The van der Waals surface area contributed by atoms with E-state index >= 15 is 0 Å². The summed E-state index contributed by atoms with van der Waals surface area (Å²) in [7, 11) is -3.63. The molecular weight excluding hydrogens is 518 g/mol. The van der Waals surface area contributed by atoms with E-state index < -0.39 is 10.0 Å². The number of unbranched alkanes of at least 4 members (excludes halogenated alkanes) is 1. The molecule has 1 heterocycles. The van der Waals surface area contributed by atoms with Crippen LogP contribution in [0.5, 0.6) is 5.75 Å². The van der Waals surface area contributed by atoms with E-state index in [2.05, 4.69) is 0 Å². The van der Waals surface area contributed by atoms with Gasteiger partial charge in [-0.1, -0.05) is 61.9 Å². The minimum absolute atomic E-state index is 0.185. The molecule has 7 nitrogen and oxygen atoms in total. The molecule has 0 saturated heterocycles. The largest absolute Gasteiger partial charge is 0.494 e. The van der Waals surface area contributed by atoms with Crippen LogP contribution in [-0.2, 0) is 16.6 Å². The minimum atomic E-state index is -3.63. The van der Waals surface area contributed by atoms with Crippen molar-refractivity contribution in [2.45, 2.75) is 45.1 Å². The predicted octanol–water partition coefficient (Wildman–Crippen LogP) is 6.35. The van der Waals surface area contributed by atoms with Crippen LogP contribution >= 0.6 is 11.3 Å². The van der Waals surface area contributed by atoms with Gasteiger partial charge in [0.15, 0.2) is 5.13 Å². The Morgan fingerprint density at radius 3 is 2.37 bits per heavy atom. The highest BCUT2D eigenvalue weighted by atomic mass is 32.2. The predicted molar refractivity (Wildman–Crippen MR) is 154 cm³/mol. The number of rotatable bonds is 12. The molecule has 0 atom stereocenters. The lowest BCUT2D eigenvalue weighted by Crippen LogP contribution is -2.32. The summed E-state index contributed by atoms with van der Waals surface area (Å²) in [5.74, 6) is 0.508. The van der Waals surface area contributed by atoms with Crippen molar-refractivity contribution in [1.29, 1.82) is 0 Å². The van der Waals surface area contributed by atoms with Crippen LogP contribution in [0.25, 0.3) is 10.2 Å². The molecule has 0 aliphatic heterocycles. The van der Waals surface area contributed by atoms with Crippen LogP contribution in [0, 0.1) is 0 Å². The number of benzene rings is 3. The molecule has 38 heavy (non-hydrogen) atoms. The van der Waals surface area contributed by atoms with Crippen LogP contribution < -0.4 is 9.64 Å². The highest BCUT2D eigenvalue weighted by Crippen LogP contribution is 2.33. The Hall–Kier alpha value is -3.27. The average Bonchev–Trinajstić information content (AvgIpc) is 3.35. The molecule has 0 unspecified atom stereocenters. The lowest BCUT2D eigenvalue weighted by Gasteiger charge is -2.22. The van der Waals surface area contributed by atoms with Gasteiger partial charge in [-0.2, -0.15) is 4.31 Å². The number of thiazole rings is 1. The molecular formula is C29H33N3O4S2. The molecule has 200 valence electrons. The van der Waals surface area contributed by atoms with Crippen molar-refractivity contribution >= 4 is 42.6 Å². The second-order valence-corrected chi connectivity index (χ2v) is 11.8. The van der Waals surface area contributed by atoms with Crippen LogP contribution in [0.2, 0.25) is 0 Å². The summed E-state index contributed by atoms with van der Waals surface area (Å²) in [6, 6.07) is 21.6. The summed E-state index contributed by atoms with van der Waals surface area (Å²) in [5.41, 5.74) is 2.14. The molecule has 0 N–H and O–H groups in total. The molecule has 4 rings (SSSR count). The van der Waals surface area contributed by atoms with Gasteiger partial charge in [-0.15, -0.1) is 0 Å². The second kappa shape index (κ2) is 12.5. The Morgan fingerprint density at radius 1 is 0.974 bits per heavy atom. The molecule has 1 amide bonds. The molecule has 0 radical (unpaired) electrons. The quantitative estimate of drug-likeness (QED) is 0.205. The number of anilines is 1. The van der Waals surface area contributed by atoms with Crippen molar-refractivity contribution in [3.05, 3.63) is 83.9 Å². The topological polar surface area (TPSA) is 79.8 Å². The normalized spacial score (nSPS) is 11.7. The van der Waals surface area contributed by atoms with Gasteiger partial charge in [0.1, 0.15) is 5.75 Å². The first-order chi connectivity index (χ1) is 18.4. The summed E-state index contributed by atoms with van der Waals surface area (Å²) < 4.78 is 34.3. The Bertz CT molecular complexity index is 1470. The summed E-state index contributed by atoms with van der Waals surface area (Å²) in [6.45, 7) is 7.58. The molecule has 0 spiro atoms. The van der Waals surface area contributed by atoms with Crippen molar-refractivity contribution in [3.8, 4) is 5.75 Å². The fourth-order valence-corrected chi connectivity index (χ4v) is 6.59. The van der Waals surface area contributed by atoms with E-state index in [1.54, 1.807) is 17.0 Å². The zero-order chi connectivity index (χ0) is 27.1. The maximum absolute atomic E-state index is 13.8. The molecule has 0 fully saturated rings. The van der Waals surface area contributed by atoms with Crippen LogP contribution in [-0.4, -0.2) is 43.3 Å². The van der Waals surface area contributed by atoms with Crippen molar-refractivity contribution in [3.63, 3.8) is 0 Å². The number of carbonyl (C=O) groups is 1. The van der Waals surface area contributed by atoms with Crippen molar-refractivity contribution < 1.29 is 17.9 Å². The maximum atomic E-state index is 13.8. The van der Waals surface area contributed by atoms with E-state index in [1.807, 2.05) is 69.3 Å². The van der Waals surface area contributed by atoms with Gasteiger partial charge in [0, 0.05) is 18.7 Å². The van der Waals surface area contributed by atoms with E-state index in [9.17, 15) is 13.2 Å². The first kappa shape index (κ1) is 27.8. The fraction of sp³-hybridized carbons (Fsp3) is 0.310. The summed E-state index contributed by atoms with van der Waals surface area (Å²) >= 11 is 1.42. The molecule has 0 bridgehead atoms. The number of ether oxygens (including phenoxy) is 1. The van der Waals surface area contributed by atoms with Crippen molar-refractivity contribution in [2.75, 3.05) is 24.6 Å². The number of aromatic nitrogens is 1. The molecule has 4 aromatic rings. The smallest absolute Gasteiger partial charge is 0.260 e. The van der Waals surface area contributed by atoms with Crippen molar-refractivity contribution in [2.24, 2.45) is 0 Å². The van der Waals surface area contributed by atoms with Crippen LogP contribution in [0.4, 0.5) is 5.13 Å². The minimum Gasteiger partial charge on any atom is -0.494 e. The van der Waals surface area contributed by atoms with Gasteiger partial charge in [0.2, 0.25) is 10.0 Å². The van der Waals surface area contributed by atoms with Gasteiger partial charge < -0.3 is 4.74 Å². The Morgan fingerprint density at radius 2 is 1.71 bits per heavy atom. The molecule has 0 aliphatic carbocycles. The van der Waals surface area contributed by atoms with Gasteiger partial charge in [-0.3, -0.25) is 9.69 Å². The number of hydrogen-bond acceptors (Lipinski definition) is 6. The highest BCUT2D eigenvalue weighted by molar-refractivity contribution is 7.89. The zero-order valence-corrected chi connectivity index (χ0v) is 23.6. The monoisotopic (exact) mass is 551 g/mol. The first-order valence-electron chi connectivity index (χ1n) is 12.9. The Kier molecular flexibility index (Phi) is 9.14. The van der Waals surface area contributed by atoms with E-state index in [1.165, 1.54) is 27.8 Å². The summed E-state index contributed by atoms with van der Waals surface area (Å²) in [4.78, 5) is 20.4. The number of fused-ring (bicyclic) bond motifs is 1. The zero-order valence-electron chi connectivity index (χ0n) is 22.0. The number of hydrogen-bond donors (Lipinski definition) is 0. The lowest BCUT2D eigenvalue weighted by molar-refractivity contribution is 0.0985. The van der Waals surface area contributed by atoms with E-state index in [-0.39, 0.29) is 10.8 Å². The number of sulfonamides is 1. The standard InChI is InChI=1S/C29H33N3O4S2/c1-4-7-19-31(5-2)38(34,35)25-16-13-23(14-17-25)28(33)32(21-22-11-9-8-10-12-22)29-30-26-18-15-24(36-6-3)20-27(26)37-29/h8-18,20H,4-7,19,21H2,1-3H3. The van der Waals surface area contributed by atoms with Gasteiger partial charge in [-0.25, -0.2) is 13.4 Å². The Balaban J connectivity index is 1.66.